The highest BCUT2D eigenvalue weighted by molar-refractivity contribution is 7.85. The maximum absolute atomic E-state index is 15.5. The van der Waals surface area contributed by atoms with Crippen LogP contribution in [0, 0.1) is 53.5 Å². The molecule has 26 heteroatoms. The lowest BCUT2D eigenvalue weighted by atomic mass is 10.0. The Labute approximate surface area is 497 Å². The number of ether oxygens (including phenoxy) is 4. The van der Waals surface area contributed by atoms with E-state index in [2.05, 4.69) is 0 Å². The molecule has 0 bridgehead atoms. The molecule has 0 spiro atoms. The van der Waals surface area contributed by atoms with Crippen molar-refractivity contribution in [2.45, 2.75) is 27.2 Å². The van der Waals surface area contributed by atoms with E-state index in [1.165, 1.54) is 55.6 Å². The largest absolute Gasteiger partial charge is 0.497 e. The zero-order valence-corrected chi connectivity index (χ0v) is 48.5. The molecule has 0 saturated carbocycles. The maximum atomic E-state index is 15.5. The fraction of sp³-hybridized carbons (Fsp3) is 0.115. The van der Waals surface area contributed by atoms with Crippen LogP contribution in [0.3, 0.4) is 0 Å². The molecule has 9 aromatic rings. The van der Waals surface area contributed by atoms with Crippen LogP contribution in [-0.4, -0.2) is 58.2 Å². The molecule has 0 amide bonds. The van der Waals surface area contributed by atoms with E-state index in [-0.39, 0.29) is 18.9 Å². The Bertz CT molecular complexity index is 4140. The number of rotatable bonds is 15. The highest BCUT2D eigenvalue weighted by Crippen LogP contribution is 2.45. The van der Waals surface area contributed by atoms with E-state index in [1.807, 2.05) is 85.8 Å². The lowest BCUT2D eigenvalue weighted by Crippen LogP contribution is -2.24. The van der Waals surface area contributed by atoms with Crippen molar-refractivity contribution < 1.29 is 97.2 Å². The van der Waals surface area contributed by atoms with Gasteiger partial charge in [-0.2, -0.15) is 34.4 Å². The molecular weight excluding hydrogens is 1240 g/mol. The van der Waals surface area contributed by atoms with E-state index in [0.717, 1.165) is 22.3 Å². The third-order valence-electron chi connectivity index (χ3n) is 11.8. The fourth-order valence-electron chi connectivity index (χ4n) is 8.02. The van der Waals surface area contributed by atoms with Crippen molar-refractivity contribution >= 4 is 53.9 Å². The third kappa shape index (κ3) is 19.1. The van der Waals surface area contributed by atoms with E-state index in [1.54, 1.807) is 48.5 Å². The van der Waals surface area contributed by atoms with Crippen molar-refractivity contribution in [3.05, 3.63) is 250 Å². The van der Waals surface area contributed by atoms with Crippen LogP contribution in [0.15, 0.2) is 176 Å². The van der Waals surface area contributed by atoms with Crippen LogP contribution in [0.4, 0.5) is 35.1 Å². The molecule has 2 N–H and O–H groups in total. The van der Waals surface area contributed by atoms with Gasteiger partial charge < -0.3 is 23.5 Å². The Morgan fingerprint density at radius 1 is 0.402 bits per heavy atom. The molecule has 0 saturated heterocycles. The first-order valence-corrected chi connectivity index (χ1v) is 31.0. The van der Waals surface area contributed by atoms with Gasteiger partial charge >= 0.3 is 10.6 Å². The highest BCUT2D eigenvalue weighted by atomic mass is 32.2. The molecule has 87 heavy (non-hydrogen) atoms. The van der Waals surface area contributed by atoms with Crippen LogP contribution in [-0.2, 0) is 48.3 Å². The van der Waals surface area contributed by atoms with Gasteiger partial charge in [0.15, 0.2) is 30.4 Å². The molecule has 14 nitrogen and oxygen atoms in total. The number of benzene rings is 9. The Balaban J connectivity index is 0.000000829. The zero-order valence-electron chi connectivity index (χ0n) is 45.1. The second-order valence-electron chi connectivity index (χ2n) is 18.3. The summed E-state index contributed by atoms with van der Waals surface area (Å²) < 4.78 is 237. The Morgan fingerprint density at radius 3 is 0.931 bits per heavy atom. The topological polar surface area (TPSA) is 214 Å². The minimum Gasteiger partial charge on any atom is -0.497 e. The average Bonchev–Trinajstić information content (AvgIpc) is 0.969. The molecular formula is C61H51F8O14PS3. The third-order valence-corrected chi connectivity index (χ3v) is 14.9. The van der Waals surface area contributed by atoms with Crippen molar-refractivity contribution in [1.82, 2.24) is 0 Å². The molecule has 0 fully saturated rings. The van der Waals surface area contributed by atoms with Gasteiger partial charge in [0.1, 0.15) is 28.7 Å². The molecule has 1 unspecified atom stereocenters. The number of halogens is 8. The molecule has 0 aliphatic rings. The van der Waals surface area contributed by atoms with Gasteiger partial charge in [0.05, 0.1) is 30.7 Å². The SMILES string of the molecule is C.COc1ccc(Cc2ccc(Oc3c(F)c(F)c(-c4c(F)c(F)c(Oc5ccc(Cc6ccc(Oc7ccc(P(=O)(c8ccccc8)c8ccc(C)cc8)cc7)cc6)cc5)c(F)c4F)c(F)c3F)cc2)cc1.CS(=O)(=O)O.CS(=O)(=O)O.O=S(=O)=O. The summed E-state index contributed by atoms with van der Waals surface area (Å²) in [6, 6.07) is 49.6. The molecule has 0 radical (unpaired) electrons. The summed E-state index contributed by atoms with van der Waals surface area (Å²) >= 11 is 0. The van der Waals surface area contributed by atoms with Crippen LogP contribution >= 0.6 is 7.14 Å². The molecule has 0 aromatic heterocycles. The molecule has 0 aliphatic heterocycles. The van der Waals surface area contributed by atoms with Crippen molar-refractivity contribution in [3.8, 4) is 51.4 Å². The molecule has 9 rings (SSSR count). The summed E-state index contributed by atoms with van der Waals surface area (Å²) in [5, 5.41) is 2.08. The fourth-order valence-corrected chi connectivity index (χ4v) is 10.6. The average molecular weight is 1290 g/mol. The molecule has 458 valence electrons. The summed E-state index contributed by atoms with van der Waals surface area (Å²) in [5.74, 6) is -20.4. The smallest absolute Gasteiger partial charge is 0.425 e. The van der Waals surface area contributed by atoms with Crippen molar-refractivity contribution in [2.24, 2.45) is 0 Å². The van der Waals surface area contributed by atoms with Crippen LogP contribution in [0.5, 0.6) is 40.2 Å². The zero-order chi connectivity index (χ0) is 63.3. The van der Waals surface area contributed by atoms with Gasteiger partial charge in [0, 0.05) is 15.9 Å². The first-order chi connectivity index (χ1) is 40.4. The Hall–Kier alpha value is -8.71. The van der Waals surface area contributed by atoms with Crippen LogP contribution in [0.1, 0.15) is 35.2 Å². The second kappa shape index (κ2) is 30.1. The van der Waals surface area contributed by atoms with E-state index in [4.69, 9.17) is 40.7 Å². The molecule has 0 heterocycles. The Kier molecular flexibility index (Phi) is 23.9. The van der Waals surface area contributed by atoms with Crippen LogP contribution < -0.4 is 34.9 Å². The highest BCUT2D eigenvalue weighted by Gasteiger charge is 2.36. The van der Waals surface area contributed by atoms with E-state index in [0.29, 0.717) is 64.1 Å². The molecule has 0 aliphatic carbocycles. The Morgan fingerprint density at radius 2 is 0.644 bits per heavy atom. The summed E-state index contributed by atoms with van der Waals surface area (Å²) in [5.41, 5.74) is 0.136. The predicted octanol–water partition coefficient (Wildman–Crippen LogP) is 13.6. The van der Waals surface area contributed by atoms with Gasteiger partial charge in [0.25, 0.3) is 20.2 Å². The second-order valence-corrected chi connectivity index (χ2v) is 24.4. The van der Waals surface area contributed by atoms with E-state index in [9.17, 15) is 21.4 Å². The van der Waals surface area contributed by atoms with E-state index >= 15 is 35.1 Å². The summed E-state index contributed by atoms with van der Waals surface area (Å²) in [6.45, 7) is 1.97. The van der Waals surface area contributed by atoms with Gasteiger partial charge in [-0.1, -0.05) is 116 Å². The predicted molar refractivity (Wildman–Crippen MR) is 312 cm³/mol. The molecule has 1 atom stereocenters. The minimum absolute atomic E-state index is 0. The molecule has 9 aromatic carbocycles. The standard InChI is InChI=1S/C58H39F8O5P.2CH4O3S.CH4.O3S/c1-34-8-28-45(29-9-34)72(67,44-6-4-3-5-7-44)46-30-26-41(27-31-46)69-40-20-12-36(13-21-40)33-38-16-24-43(25-17-38)71-58-55(65)51(61)48(52(62)56(58)66)47-49(59)53(63)57(54(64)50(47)60)70-42-22-14-37(15-23-42)32-35-10-18-39(68-2)19-11-35;2*1-5(2,3)4;;1-4(2)3/h3-31H,32-33H2,1-2H3;2*1H3,(H,2,3,4);1H4;. The van der Waals surface area contributed by atoms with Crippen molar-refractivity contribution in [1.29, 1.82) is 0 Å². The van der Waals surface area contributed by atoms with Gasteiger partial charge in [-0.25, -0.2) is 17.6 Å². The number of hydrogen-bond donors (Lipinski definition) is 2. The maximum Gasteiger partial charge on any atom is 0.425 e. The number of aryl methyl sites for hydroxylation is 1. The lowest BCUT2D eigenvalue weighted by Gasteiger charge is -2.20. The van der Waals surface area contributed by atoms with E-state index < -0.39 is 107 Å². The number of methoxy groups -OCH3 is 1. The summed E-state index contributed by atoms with van der Waals surface area (Å²) in [7, 11) is -12.1. The van der Waals surface area contributed by atoms with Crippen molar-refractivity contribution in [3.63, 3.8) is 0 Å². The van der Waals surface area contributed by atoms with Crippen LogP contribution in [0.25, 0.3) is 11.1 Å². The van der Waals surface area contributed by atoms with Gasteiger partial charge in [-0.05, 0) is 115 Å². The number of hydrogen-bond acceptors (Lipinski definition) is 12. The van der Waals surface area contributed by atoms with Crippen molar-refractivity contribution in [2.75, 3.05) is 19.6 Å². The normalized spacial score (nSPS) is 11.6. The quantitative estimate of drug-likeness (QED) is 0.0423. The van der Waals surface area contributed by atoms with Gasteiger partial charge in [-0.3, -0.25) is 9.11 Å². The van der Waals surface area contributed by atoms with Crippen LogP contribution in [0.2, 0.25) is 0 Å². The monoisotopic (exact) mass is 1290 g/mol. The first kappa shape index (κ1) is 69.1. The minimum atomic E-state index is -3.67. The summed E-state index contributed by atoms with van der Waals surface area (Å²) in [4.78, 5) is 0. The summed E-state index contributed by atoms with van der Waals surface area (Å²) in [6.07, 6.45) is 2.24. The first-order valence-electron chi connectivity index (χ1n) is 24.6. The lowest BCUT2D eigenvalue weighted by molar-refractivity contribution is 0.360. The van der Waals surface area contributed by atoms with Gasteiger partial charge in [0.2, 0.25) is 34.8 Å². The van der Waals surface area contributed by atoms with Gasteiger partial charge in [-0.15, -0.1) is 12.6 Å².